The number of carbonyl (C=O) groups is 1. The van der Waals surface area contributed by atoms with Gasteiger partial charge in [0, 0.05) is 24.2 Å². The van der Waals surface area contributed by atoms with Crippen molar-refractivity contribution >= 4 is 17.5 Å². The number of aliphatic hydroxyl groups excluding tert-OH is 1. The lowest BCUT2D eigenvalue weighted by Gasteiger charge is -2.34. The molecule has 0 saturated carbocycles. The van der Waals surface area contributed by atoms with Crippen LogP contribution in [0, 0.1) is 0 Å². The Bertz CT molecular complexity index is 719. The van der Waals surface area contributed by atoms with E-state index in [-0.39, 0.29) is 18.6 Å². The Labute approximate surface area is 157 Å². The summed E-state index contributed by atoms with van der Waals surface area (Å²) in [6.07, 6.45) is 4.96. The van der Waals surface area contributed by atoms with Crippen molar-refractivity contribution in [2.75, 3.05) is 26.2 Å². The van der Waals surface area contributed by atoms with Crippen LogP contribution in [0.1, 0.15) is 35.3 Å². The molecule has 7 nitrogen and oxygen atoms in total. The van der Waals surface area contributed by atoms with Gasteiger partial charge in [0.2, 0.25) is 0 Å². The Kier molecular flexibility index (Phi) is 6.60. The summed E-state index contributed by atoms with van der Waals surface area (Å²) >= 11 is 5.88. The Morgan fingerprint density at radius 3 is 2.88 bits per heavy atom. The maximum Gasteiger partial charge on any atom is 0.273 e. The fraction of sp³-hybridized carbons (Fsp3) is 0.500. The first-order valence-electron chi connectivity index (χ1n) is 8.93. The SMILES string of the molecule is O=C(NCCN1CCCC[C@@H]1CO)c1cn(Cc2ccc(Cl)cc2)nn1. The summed E-state index contributed by atoms with van der Waals surface area (Å²) in [5.74, 6) is -0.232. The van der Waals surface area contributed by atoms with Crippen LogP contribution in [-0.4, -0.2) is 63.2 Å². The van der Waals surface area contributed by atoms with Crippen molar-refractivity contribution in [1.82, 2.24) is 25.2 Å². The third kappa shape index (κ3) is 5.03. The molecule has 1 atom stereocenters. The molecule has 2 heterocycles. The highest BCUT2D eigenvalue weighted by Gasteiger charge is 2.21. The smallest absolute Gasteiger partial charge is 0.273 e. The zero-order valence-electron chi connectivity index (χ0n) is 14.6. The molecular weight excluding hydrogens is 354 g/mol. The van der Waals surface area contributed by atoms with Gasteiger partial charge in [-0.15, -0.1) is 5.10 Å². The van der Waals surface area contributed by atoms with Crippen LogP contribution in [-0.2, 0) is 6.54 Å². The van der Waals surface area contributed by atoms with E-state index in [1.54, 1.807) is 10.9 Å². The molecule has 2 aromatic rings. The number of likely N-dealkylation sites (tertiary alicyclic amines) is 1. The van der Waals surface area contributed by atoms with Gasteiger partial charge in [-0.2, -0.15) is 0 Å². The van der Waals surface area contributed by atoms with Gasteiger partial charge in [-0.05, 0) is 37.1 Å². The number of piperidine rings is 1. The number of nitrogens with one attached hydrogen (secondary N) is 1. The van der Waals surface area contributed by atoms with Crippen molar-refractivity contribution in [3.8, 4) is 0 Å². The van der Waals surface area contributed by atoms with Crippen molar-refractivity contribution in [2.24, 2.45) is 0 Å². The van der Waals surface area contributed by atoms with Gasteiger partial charge in [-0.25, -0.2) is 4.68 Å². The molecule has 26 heavy (non-hydrogen) atoms. The zero-order chi connectivity index (χ0) is 18.4. The van der Waals surface area contributed by atoms with Crippen LogP contribution in [0.4, 0.5) is 0 Å². The molecule has 1 aliphatic heterocycles. The molecule has 1 aromatic carbocycles. The van der Waals surface area contributed by atoms with Crippen molar-refractivity contribution in [2.45, 2.75) is 31.8 Å². The highest BCUT2D eigenvalue weighted by atomic mass is 35.5. The highest BCUT2D eigenvalue weighted by molar-refractivity contribution is 6.30. The number of aromatic nitrogens is 3. The van der Waals surface area contributed by atoms with E-state index >= 15 is 0 Å². The predicted molar refractivity (Wildman–Crippen MR) is 99.2 cm³/mol. The summed E-state index contributed by atoms with van der Waals surface area (Å²) in [6, 6.07) is 7.68. The lowest BCUT2D eigenvalue weighted by molar-refractivity contribution is 0.0847. The molecule has 1 saturated heterocycles. The Morgan fingerprint density at radius 1 is 1.31 bits per heavy atom. The first kappa shape index (κ1) is 18.8. The summed E-state index contributed by atoms with van der Waals surface area (Å²) in [5, 5.41) is 20.9. The van der Waals surface area contributed by atoms with E-state index in [1.807, 2.05) is 24.3 Å². The van der Waals surface area contributed by atoms with Gasteiger partial charge in [0.15, 0.2) is 5.69 Å². The molecule has 140 valence electrons. The molecule has 0 bridgehead atoms. The number of hydrogen-bond donors (Lipinski definition) is 2. The second-order valence-electron chi connectivity index (χ2n) is 6.55. The van der Waals surface area contributed by atoms with E-state index < -0.39 is 0 Å². The number of aliphatic hydroxyl groups is 1. The number of halogens is 1. The minimum atomic E-state index is -0.232. The van der Waals surface area contributed by atoms with Crippen molar-refractivity contribution < 1.29 is 9.90 Å². The molecule has 2 N–H and O–H groups in total. The molecule has 1 fully saturated rings. The standard InChI is InChI=1S/C18H24ClN5O2/c19-15-6-4-14(5-7-15)11-24-12-17(21-22-24)18(26)20-8-10-23-9-2-1-3-16(23)13-25/h4-7,12,16,25H,1-3,8-11,13H2,(H,20,26)/t16-/m1/s1. The Hall–Kier alpha value is -1.96. The van der Waals surface area contributed by atoms with Gasteiger partial charge in [0.25, 0.3) is 5.91 Å². The summed E-state index contributed by atoms with van der Waals surface area (Å²) in [4.78, 5) is 14.5. The molecule has 0 spiro atoms. The highest BCUT2D eigenvalue weighted by Crippen LogP contribution is 2.15. The first-order chi connectivity index (χ1) is 12.7. The second-order valence-corrected chi connectivity index (χ2v) is 6.99. The molecule has 0 unspecified atom stereocenters. The van der Waals surface area contributed by atoms with E-state index in [4.69, 9.17) is 11.6 Å². The van der Waals surface area contributed by atoms with Crippen LogP contribution in [0.2, 0.25) is 5.02 Å². The fourth-order valence-electron chi connectivity index (χ4n) is 3.22. The van der Waals surface area contributed by atoms with Crippen LogP contribution in [0.15, 0.2) is 30.5 Å². The summed E-state index contributed by atoms with van der Waals surface area (Å²) in [5.41, 5.74) is 1.34. The van der Waals surface area contributed by atoms with Crippen LogP contribution >= 0.6 is 11.6 Å². The number of benzene rings is 1. The van der Waals surface area contributed by atoms with Crippen LogP contribution in [0.5, 0.6) is 0 Å². The summed E-state index contributed by atoms with van der Waals surface area (Å²) < 4.78 is 1.63. The van der Waals surface area contributed by atoms with Crippen LogP contribution < -0.4 is 5.32 Å². The number of nitrogens with zero attached hydrogens (tertiary/aromatic N) is 4. The molecule has 1 amide bonds. The van der Waals surface area contributed by atoms with Gasteiger partial charge < -0.3 is 10.4 Å². The Morgan fingerprint density at radius 2 is 2.12 bits per heavy atom. The van der Waals surface area contributed by atoms with Crippen LogP contribution in [0.25, 0.3) is 0 Å². The van der Waals surface area contributed by atoms with Gasteiger partial charge in [-0.1, -0.05) is 35.4 Å². The number of carbonyl (C=O) groups excluding carboxylic acids is 1. The number of amides is 1. The molecule has 1 aromatic heterocycles. The Balaban J connectivity index is 1.47. The third-order valence-corrected chi connectivity index (χ3v) is 4.93. The van der Waals surface area contributed by atoms with Crippen LogP contribution in [0.3, 0.4) is 0 Å². The van der Waals surface area contributed by atoms with Gasteiger partial charge in [0.1, 0.15) is 0 Å². The maximum absolute atomic E-state index is 12.2. The normalized spacial score (nSPS) is 18.0. The van der Waals surface area contributed by atoms with Gasteiger partial charge >= 0.3 is 0 Å². The third-order valence-electron chi connectivity index (χ3n) is 4.67. The monoisotopic (exact) mass is 377 g/mol. The predicted octanol–water partition coefficient (Wildman–Crippen LogP) is 1.56. The lowest BCUT2D eigenvalue weighted by atomic mass is 10.0. The maximum atomic E-state index is 12.2. The summed E-state index contributed by atoms with van der Waals surface area (Å²) in [7, 11) is 0. The van der Waals surface area contributed by atoms with E-state index in [1.165, 1.54) is 0 Å². The fourth-order valence-corrected chi connectivity index (χ4v) is 3.35. The van der Waals surface area contributed by atoms with Crippen molar-refractivity contribution in [1.29, 1.82) is 0 Å². The molecule has 0 aliphatic carbocycles. The average Bonchev–Trinajstić information content (AvgIpc) is 3.12. The minimum Gasteiger partial charge on any atom is -0.395 e. The van der Waals surface area contributed by atoms with Crippen molar-refractivity contribution in [3.05, 3.63) is 46.7 Å². The molecule has 1 aliphatic rings. The number of hydrogen-bond acceptors (Lipinski definition) is 5. The van der Waals surface area contributed by atoms with Gasteiger partial charge in [0.05, 0.1) is 19.3 Å². The summed E-state index contributed by atoms with van der Waals surface area (Å²) in [6.45, 7) is 2.93. The van der Waals surface area contributed by atoms with E-state index in [2.05, 4.69) is 20.5 Å². The topological polar surface area (TPSA) is 83.3 Å². The quantitative estimate of drug-likeness (QED) is 0.765. The molecular formula is C18H24ClN5O2. The van der Waals surface area contributed by atoms with Crippen molar-refractivity contribution in [3.63, 3.8) is 0 Å². The number of rotatable bonds is 7. The zero-order valence-corrected chi connectivity index (χ0v) is 15.4. The van der Waals surface area contributed by atoms with E-state index in [0.717, 1.165) is 37.9 Å². The van der Waals surface area contributed by atoms with Gasteiger partial charge in [-0.3, -0.25) is 9.69 Å². The molecule has 3 rings (SSSR count). The lowest BCUT2D eigenvalue weighted by Crippen LogP contribution is -2.45. The van der Waals surface area contributed by atoms with E-state index in [0.29, 0.717) is 23.8 Å². The average molecular weight is 378 g/mol. The second kappa shape index (κ2) is 9.12. The molecule has 0 radical (unpaired) electrons. The molecule has 8 heteroatoms. The minimum absolute atomic E-state index is 0.174. The largest absolute Gasteiger partial charge is 0.395 e. The first-order valence-corrected chi connectivity index (χ1v) is 9.31. The van der Waals surface area contributed by atoms with E-state index in [9.17, 15) is 9.90 Å².